The maximum atomic E-state index is 11.8. The number of nitrogens with zero attached hydrogens (tertiary/aromatic N) is 1. The van der Waals surface area contributed by atoms with Gasteiger partial charge in [-0.05, 0) is 31.5 Å². The van der Waals surface area contributed by atoms with E-state index in [2.05, 4.69) is 21.6 Å². The summed E-state index contributed by atoms with van der Waals surface area (Å²) in [6.07, 6.45) is 0.918. The molecule has 0 saturated carbocycles. The number of urea groups is 1. The summed E-state index contributed by atoms with van der Waals surface area (Å²) < 4.78 is 5.35. The summed E-state index contributed by atoms with van der Waals surface area (Å²) in [5, 5.41) is 5.77. The normalized spacial score (nSPS) is 16.6. The smallest absolute Gasteiger partial charge is 0.319 e. The molecule has 1 fully saturated rings. The van der Waals surface area contributed by atoms with Crippen molar-refractivity contribution in [2.24, 2.45) is 0 Å². The van der Waals surface area contributed by atoms with Gasteiger partial charge in [-0.3, -0.25) is 0 Å². The lowest BCUT2D eigenvalue weighted by atomic mass is 10.2. The Morgan fingerprint density at radius 3 is 2.85 bits per heavy atom. The van der Waals surface area contributed by atoms with Crippen molar-refractivity contribution < 1.29 is 9.53 Å². The predicted molar refractivity (Wildman–Crippen MR) is 81.4 cm³/mol. The lowest BCUT2D eigenvalue weighted by Gasteiger charge is -2.29. The summed E-state index contributed by atoms with van der Waals surface area (Å²) in [6, 6.07) is 7.95. The van der Waals surface area contributed by atoms with Gasteiger partial charge in [0.1, 0.15) is 0 Å². The molecule has 110 valence electrons. The monoisotopic (exact) mass is 277 g/mol. The van der Waals surface area contributed by atoms with Gasteiger partial charge in [0.2, 0.25) is 0 Å². The van der Waals surface area contributed by atoms with Gasteiger partial charge < -0.3 is 20.3 Å². The first-order chi connectivity index (χ1) is 9.69. The maximum absolute atomic E-state index is 11.8. The van der Waals surface area contributed by atoms with Gasteiger partial charge in [0.15, 0.2) is 0 Å². The molecule has 0 aromatic heterocycles. The molecule has 2 N–H and O–H groups in total. The summed E-state index contributed by atoms with van der Waals surface area (Å²) in [5.74, 6) is 0. The standard InChI is InChI=1S/C15H23N3O2/c1-3-12(2)16-15(19)17-13-5-4-6-14(11-13)18-7-9-20-10-8-18/h4-6,11-12H,3,7-10H2,1-2H3,(H2,16,17,19). The second-order valence-electron chi connectivity index (χ2n) is 5.06. The second-order valence-corrected chi connectivity index (χ2v) is 5.06. The number of carbonyl (C=O) groups is 1. The van der Waals surface area contributed by atoms with E-state index in [1.54, 1.807) is 0 Å². The topological polar surface area (TPSA) is 53.6 Å². The lowest BCUT2D eigenvalue weighted by molar-refractivity contribution is 0.122. The third-order valence-corrected chi connectivity index (χ3v) is 3.47. The van der Waals surface area contributed by atoms with Crippen molar-refractivity contribution in [2.45, 2.75) is 26.3 Å². The van der Waals surface area contributed by atoms with E-state index < -0.39 is 0 Å². The first-order valence-corrected chi connectivity index (χ1v) is 7.19. The van der Waals surface area contributed by atoms with Crippen LogP contribution in [0.5, 0.6) is 0 Å². The van der Waals surface area contributed by atoms with E-state index in [1.807, 2.05) is 32.0 Å². The van der Waals surface area contributed by atoms with Crippen LogP contribution >= 0.6 is 0 Å². The highest BCUT2D eigenvalue weighted by molar-refractivity contribution is 5.90. The molecule has 0 aliphatic carbocycles. The first-order valence-electron chi connectivity index (χ1n) is 7.19. The van der Waals surface area contributed by atoms with Crippen molar-refractivity contribution in [1.29, 1.82) is 0 Å². The quantitative estimate of drug-likeness (QED) is 0.889. The van der Waals surface area contributed by atoms with Gasteiger partial charge in [0.25, 0.3) is 0 Å². The van der Waals surface area contributed by atoms with Gasteiger partial charge in [-0.1, -0.05) is 13.0 Å². The van der Waals surface area contributed by atoms with E-state index in [4.69, 9.17) is 4.74 Å². The zero-order valence-corrected chi connectivity index (χ0v) is 12.2. The fourth-order valence-corrected chi connectivity index (χ4v) is 2.09. The zero-order chi connectivity index (χ0) is 14.4. The summed E-state index contributed by atoms with van der Waals surface area (Å²) in [6.45, 7) is 7.33. The molecule has 2 rings (SSSR count). The first kappa shape index (κ1) is 14.7. The third-order valence-electron chi connectivity index (χ3n) is 3.47. The molecule has 1 saturated heterocycles. The van der Waals surface area contributed by atoms with E-state index in [0.29, 0.717) is 0 Å². The van der Waals surface area contributed by atoms with Gasteiger partial charge in [-0.15, -0.1) is 0 Å². The molecule has 1 atom stereocenters. The van der Waals surface area contributed by atoms with E-state index in [1.165, 1.54) is 0 Å². The molecule has 1 unspecified atom stereocenters. The number of carbonyl (C=O) groups excluding carboxylic acids is 1. The van der Waals surface area contributed by atoms with Crippen LogP contribution in [0.4, 0.5) is 16.2 Å². The summed E-state index contributed by atoms with van der Waals surface area (Å²) in [7, 11) is 0. The molecule has 1 aliphatic rings. The summed E-state index contributed by atoms with van der Waals surface area (Å²) in [5.41, 5.74) is 1.93. The van der Waals surface area contributed by atoms with Crippen LogP contribution in [0.3, 0.4) is 0 Å². The molecule has 0 bridgehead atoms. The number of nitrogens with one attached hydrogen (secondary N) is 2. The summed E-state index contributed by atoms with van der Waals surface area (Å²) >= 11 is 0. The Morgan fingerprint density at radius 2 is 2.15 bits per heavy atom. The number of ether oxygens (including phenoxy) is 1. The van der Waals surface area contributed by atoms with Crippen LogP contribution in [-0.2, 0) is 4.74 Å². The Bertz CT molecular complexity index is 444. The average molecular weight is 277 g/mol. The average Bonchev–Trinajstić information content (AvgIpc) is 2.48. The van der Waals surface area contributed by atoms with E-state index in [9.17, 15) is 4.79 Å². The van der Waals surface area contributed by atoms with Crippen molar-refractivity contribution in [2.75, 3.05) is 36.5 Å². The molecular weight excluding hydrogens is 254 g/mol. The zero-order valence-electron chi connectivity index (χ0n) is 12.2. The van der Waals surface area contributed by atoms with E-state index >= 15 is 0 Å². The third kappa shape index (κ3) is 4.13. The van der Waals surface area contributed by atoms with E-state index in [0.717, 1.165) is 44.1 Å². The molecule has 1 aromatic rings. The molecule has 1 aromatic carbocycles. The number of rotatable bonds is 4. The number of amides is 2. The Kier molecular flexibility index (Phi) is 5.24. The van der Waals surface area contributed by atoms with Crippen LogP contribution in [0.1, 0.15) is 20.3 Å². The van der Waals surface area contributed by atoms with Gasteiger partial charge in [0.05, 0.1) is 13.2 Å². The van der Waals surface area contributed by atoms with Crippen molar-refractivity contribution >= 4 is 17.4 Å². The molecule has 1 aliphatic heterocycles. The molecule has 0 radical (unpaired) electrons. The Hall–Kier alpha value is -1.75. The molecule has 20 heavy (non-hydrogen) atoms. The fraction of sp³-hybridized carbons (Fsp3) is 0.533. The highest BCUT2D eigenvalue weighted by atomic mass is 16.5. The number of hydrogen-bond acceptors (Lipinski definition) is 3. The van der Waals surface area contributed by atoms with Crippen LogP contribution in [0, 0.1) is 0 Å². The van der Waals surface area contributed by atoms with Crippen LogP contribution in [0.15, 0.2) is 24.3 Å². The fourth-order valence-electron chi connectivity index (χ4n) is 2.09. The van der Waals surface area contributed by atoms with Crippen molar-refractivity contribution in [3.8, 4) is 0 Å². The van der Waals surface area contributed by atoms with Crippen LogP contribution in [0.25, 0.3) is 0 Å². The Morgan fingerprint density at radius 1 is 1.40 bits per heavy atom. The van der Waals surface area contributed by atoms with Gasteiger partial charge >= 0.3 is 6.03 Å². The molecule has 0 spiro atoms. The number of anilines is 2. The molecule has 1 heterocycles. The maximum Gasteiger partial charge on any atom is 0.319 e. The van der Waals surface area contributed by atoms with Crippen molar-refractivity contribution in [3.63, 3.8) is 0 Å². The Balaban J connectivity index is 1.96. The summed E-state index contributed by atoms with van der Waals surface area (Å²) in [4.78, 5) is 14.1. The lowest BCUT2D eigenvalue weighted by Crippen LogP contribution is -2.37. The highest BCUT2D eigenvalue weighted by Gasteiger charge is 2.12. The Labute approximate surface area is 120 Å². The van der Waals surface area contributed by atoms with Crippen molar-refractivity contribution in [3.05, 3.63) is 24.3 Å². The van der Waals surface area contributed by atoms with Crippen LogP contribution in [-0.4, -0.2) is 38.4 Å². The largest absolute Gasteiger partial charge is 0.378 e. The molecule has 5 heteroatoms. The minimum atomic E-state index is -0.154. The SMILES string of the molecule is CCC(C)NC(=O)Nc1cccc(N2CCOCC2)c1. The highest BCUT2D eigenvalue weighted by Crippen LogP contribution is 2.20. The molecule has 2 amide bonds. The number of benzene rings is 1. The van der Waals surface area contributed by atoms with Gasteiger partial charge in [-0.2, -0.15) is 0 Å². The number of morpholine rings is 1. The van der Waals surface area contributed by atoms with Crippen molar-refractivity contribution in [1.82, 2.24) is 5.32 Å². The van der Waals surface area contributed by atoms with Crippen LogP contribution in [0.2, 0.25) is 0 Å². The molecular formula is C15H23N3O2. The van der Waals surface area contributed by atoms with Gasteiger partial charge in [0, 0.05) is 30.5 Å². The minimum absolute atomic E-state index is 0.154. The van der Waals surface area contributed by atoms with Gasteiger partial charge in [-0.25, -0.2) is 4.79 Å². The van der Waals surface area contributed by atoms with E-state index in [-0.39, 0.29) is 12.1 Å². The predicted octanol–water partition coefficient (Wildman–Crippen LogP) is 2.44. The second kappa shape index (κ2) is 7.14. The van der Waals surface area contributed by atoms with Crippen LogP contribution < -0.4 is 15.5 Å². The molecule has 5 nitrogen and oxygen atoms in total. The minimum Gasteiger partial charge on any atom is -0.378 e. The number of hydrogen-bond donors (Lipinski definition) is 2.